The van der Waals surface area contributed by atoms with Gasteiger partial charge in [-0.25, -0.2) is 18.1 Å². The van der Waals surface area contributed by atoms with Crippen LogP contribution in [-0.4, -0.2) is 23.8 Å². The molecule has 1 N–H and O–H groups in total. The fourth-order valence-electron chi connectivity index (χ4n) is 2.24. The van der Waals surface area contributed by atoms with Crippen molar-refractivity contribution >= 4 is 37.9 Å². The van der Waals surface area contributed by atoms with Gasteiger partial charge < -0.3 is 0 Å². The Balaban J connectivity index is 2.08. The summed E-state index contributed by atoms with van der Waals surface area (Å²) >= 11 is 7.33. The lowest BCUT2D eigenvalue weighted by atomic mass is 10.1. The lowest BCUT2D eigenvalue weighted by molar-refractivity contribution is 0.519. The molecule has 2 aromatic rings. The molecule has 0 aromatic carbocycles. The molecule has 1 atom stereocenters. The first kappa shape index (κ1) is 16.7. The highest BCUT2D eigenvalue weighted by Crippen LogP contribution is 2.25. The molecule has 0 aliphatic rings. The second kappa shape index (κ2) is 7.09. The Morgan fingerprint density at radius 2 is 2.19 bits per heavy atom. The van der Waals surface area contributed by atoms with Gasteiger partial charge in [-0.3, -0.25) is 4.40 Å². The zero-order valence-corrected chi connectivity index (χ0v) is 14.6. The van der Waals surface area contributed by atoms with E-state index in [0.717, 1.165) is 19.3 Å². The molecule has 0 amide bonds. The van der Waals surface area contributed by atoms with Crippen molar-refractivity contribution in [3.8, 4) is 0 Å². The van der Waals surface area contributed by atoms with Gasteiger partial charge in [0.2, 0.25) is 0 Å². The predicted molar refractivity (Wildman–Crippen MR) is 86.6 cm³/mol. The van der Waals surface area contributed by atoms with Crippen molar-refractivity contribution in [3.63, 3.8) is 0 Å². The average molecular weight is 350 g/mol. The molecule has 0 saturated carbocycles. The monoisotopic (exact) mass is 349 g/mol. The molecular weight excluding hydrogens is 330 g/mol. The Kier molecular flexibility index (Phi) is 5.65. The minimum absolute atomic E-state index is 0.0209. The molecule has 8 heteroatoms. The van der Waals surface area contributed by atoms with Gasteiger partial charge in [0.1, 0.15) is 0 Å². The maximum Gasteiger partial charge on any atom is 0.260 e. The number of hydrogen-bond acceptors (Lipinski definition) is 4. The van der Waals surface area contributed by atoms with E-state index in [1.54, 1.807) is 11.6 Å². The average Bonchev–Trinajstić information content (AvgIpc) is 2.93. The number of thiazole rings is 1. The highest BCUT2D eigenvalue weighted by Gasteiger charge is 2.26. The van der Waals surface area contributed by atoms with E-state index >= 15 is 0 Å². The molecule has 118 valence electrons. The second-order valence-electron chi connectivity index (χ2n) is 5.14. The summed E-state index contributed by atoms with van der Waals surface area (Å²) in [7, 11) is -3.66. The van der Waals surface area contributed by atoms with Crippen LogP contribution in [0.2, 0.25) is 5.15 Å². The third kappa shape index (κ3) is 3.97. The number of rotatable bonds is 8. The minimum atomic E-state index is -3.66. The van der Waals surface area contributed by atoms with E-state index in [-0.39, 0.29) is 16.2 Å². The first-order chi connectivity index (χ1) is 9.95. The van der Waals surface area contributed by atoms with E-state index in [9.17, 15) is 8.42 Å². The van der Waals surface area contributed by atoms with Gasteiger partial charge in [0.15, 0.2) is 15.1 Å². The molecule has 21 heavy (non-hydrogen) atoms. The van der Waals surface area contributed by atoms with Crippen LogP contribution in [0.1, 0.15) is 46.0 Å². The molecule has 2 aromatic heterocycles. The predicted octanol–water partition coefficient (Wildman–Crippen LogP) is 3.69. The zero-order valence-electron chi connectivity index (χ0n) is 12.2. The second-order valence-corrected chi connectivity index (χ2v) is 8.00. The van der Waals surface area contributed by atoms with Crippen molar-refractivity contribution in [1.29, 1.82) is 0 Å². The van der Waals surface area contributed by atoms with E-state index in [1.807, 2.05) is 6.92 Å². The van der Waals surface area contributed by atoms with Gasteiger partial charge in [-0.15, -0.1) is 11.3 Å². The van der Waals surface area contributed by atoms with Gasteiger partial charge >= 0.3 is 0 Å². The summed E-state index contributed by atoms with van der Waals surface area (Å²) in [6.45, 7) is 4.03. The van der Waals surface area contributed by atoms with Crippen molar-refractivity contribution in [1.82, 2.24) is 14.1 Å². The van der Waals surface area contributed by atoms with Crippen LogP contribution in [0.4, 0.5) is 0 Å². The van der Waals surface area contributed by atoms with Crippen LogP contribution in [0, 0.1) is 0 Å². The molecule has 0 radical (unpaired) electrons. The molecule has 0 aliphatic heterocycles. The lowest BCUT2D eigenvalue weighted by Gasteiger charge is -2.13. The molecule has 0 aliphatic carbocycles. The van der Waals surface area contributed by atoms with Gasteiger partial charge in [-0.1, -0.05) is 44.2 Å². The Morgan fingerprint density at radius 1 is 1.43 bits per heavy atom. The van der Waals surface area contributed by atoms with Gasteiger partial charge in [-0.2, -0.15) is 0 Å². The summed E-state index contributed by atoms with van der Waals surface area (Å²) in [4.78, 5) is 4.64. The highest BCUT2D eigenvalue weighted by molar-refractivity contribution is 7.89. The van der Waals surface area contributed by atoms with Crippen LogP contribution in [0.3, 0.4) is 0 Å². The summed E-state index contributed by atoms with van der Waals surface area (Å²) in [5, 5.41) is 1.83. The first-order valence-corrected chi connectivity index (χ1v) is 9.83. The topological polar surface area (TPSA) is 63.5 Å². The van der Waals surface area contributed by atoms with Crippen LogP contribution >= 0.6 is 22.9 Å². The summed E-state index contributed by atoms with van der Waals surface area (Å²) in [6.07, 6.45) is 6.99. The lowest BCUT2D eigenvalue weighted by Crippen LogP contribution is -2.33. The summed E-state index contributed by atoms with van der Waals surface area (Å²) < 4.78 is 29.2. The summed E-state index contributed by atoms with van der Waals surface area (Å²) in [6, 6.07) is -0.118. The van der Waals surface area contributed by atoms with Gasteiger partial charge in [0, 0.05) is 17.6 Å². The SMILES string of the molecule is CCCCCCC(C)NS(=O)(=O)c1c(Cl)nc2sccn12. The van der Waals surface area contributed by atoms with Crippen LogP contribution in [0.15, 0.2) is 16.6 Å². The van der Waals surface area contributed by atoms with Crippen molar-refractivity contribution in [2.45, 2.75) is 57.0 Å². The van der Waals surface area contributed by atoms with Crippen molar-refractivity contribution in [2.24, 2.45) is 0 Å². The normalized spacial score (nSPS) is 13.9. The van der Waals surface area contributed by atoms with Crippen LogP contribution in [0.25, 0.3) is 4.96 Å². The standard InChI is InChI=1S/C13H20ClN3O2S2/c1-3-4-5-6-7-10(2)16-21(18,19)12-11(14)15-13-17(12)8-9-20-13/h8-10,16H,3-7H2,1-2H3. The van der Waals surface area contributed by atoms with E-state index in [1.165, 1.54) is 28.6 Å². The minimum Gasteiger partial charge on any atom is -0.279 e. The maximum absolute atomic E-state index is 12.5. The van der Waals surface area contributed by atoms with E-state index in [2.05, 4.69) is 16.6 Å². The Hall–Kier alpha value is -0.630. The maximum atomic E-state index is 12.5. The fraction of sp³-hybridized carbons (Fsp3) is 0.615. The fourth-order valence-corrected chi connectivity index (χ4v) is 4.97. The number of hydrogen-bond donors (Lipinski definition) is 1. The molecule has 2 rings (SSSR count). The number of fused-ring (bicyclic) bond motifs is 1. The first-order valence-electron chi connectivity index (χ1n) is 7.09. The summed E-state index contributed by atoms with van der Waals surface area (Å²) in [5.41, 5.74) is 0. The number of imidazole rings is 1. The molecule has 0 spiro atoms. The van der Waals surface area contributed by atoms with Crippen LogP contribution in [0.5, 0.6) is 0 Å². The number of nitrogens with zero attached hydrogens (tertiary/aromatic N) is 2. The number of unbranched alkanes of at least 4 members (excludes halogenated alkanes) is 3. The highest BCUT2D eigenvalue weighted by atomic mass is 35.5. The molecule has 5 nitrogen and oxygen atoms in total. The van der Waals surface area contributed by atoms with E-state index in [0.29, 0.717) is 4.96 Å². The third-order valence-corrected chi connectivity index (χ3v) is 6.02. The van der Waals surface area contributed by atoms with E-state index < -0.39 is 10.0 Å². The largest absolute Gasteiger partial charge is 0.279 e. The van der Waals surface area contributed by atoms with Gasteiger partial charge in [0.25, 0.3) is 10.0 Å². The van der Waals surface area contributed by atoms with Crippen molar-refractivity contribution in [2.75, 3.05) is 0 Å². The Bertz CT molecular complexity index is 693. The van der Waals surface area contributed by atoms with Crippen LogP contribution in [-0.2, 0) is 10.0 Å². The number of halogens is 1. The van der Waals surface area contributed by atoms with Crippen LogP contribution < -0.4 is 4.72 Å². The molecular formula is C13H20ClN3O2S2. The third-order valence-electron chi connectivity index (χ3n) is 3.28. The molecule has 1 unspecified atom stereocenters. The quantitative estimate of drug-likeness (QED) is 0.739. The number of sulfonamides is 1. The molecule has 0 fully saturated rings. The van der Waals surface area contributed by atoms with E-state index in [4.69, 9.17) is 11.6 Å². The van der Waals surface area contributed by atoms with Gasteiger partial charge in [0.05, 0.1) is 0 Å². The van der Waals surface area contributed by atoms with Gasteiger partial charge in [-0.05, 0) is 13.3 Å². The Morgan fingerprint density at radius 3 is 2.90 bits per heavy atom. The smallest absolute Gasteiger partial charge is 0.260 e. The summed E-state index contributed by atoms with van der Waals surface area (Å²) in [5.74, 6) is 0. The molecule has 0 bridgehead atoms. The Labute approximate surface area is 134 Å². The molecule has 2 heterocycles. The number of nitrogens with one attached hydrogen (secondary N) is 1. The van der Waals surface area contributed by atoms with Crippen molar-refractivity contribution < 1.29 is 8.42 Å². The molecule has 0 saturated heterocycles. The van der Waals surface area contributed by atoms with Crippen molar-refractivity contribution in [3.05, 3.63) is 16.7 Å². The number of aromatic nitrogens is 2. The zero-order chi connectivity index (χ0) is 15.5.